The summed E-state index contributed by atoms with van der Waals surface area (Å²) in [7, 11) is 0. The maximum Gasteiger partial charge on any atom is 0.308 e. The van der Waals surface area contributed by atoms with Crippen molar-refractivity contribution in [3.63, 3.8) is 0 Å². The van der Waals surface area contributed by atoms with E-state index in [1.165, 1.54) is 0 Å². The zero-order valence-corrected chi connectivity index (χ0v) is 10.2. The van der Waals surface area contributed by atoms with E-state index in [1.54, 1.807) is 23.7 Å². The molecule has 2 aromatic heterocycles. The lowest BCUT2D eigenvalue weighted by Gasteiger charge is -2.03. The molecular formula is C12H11N3O2S. The number of hydrogen-bond donors (Lipinski definition) is 2. The third-order valence-corrected chi connectivity index (χ3v) is 3.80. The third kappa shape index (κ3) is 2.19. The molecule has 1 saturated carbocycles. The summed E-state index contributed by atoms with van der Waals surface area (Å²) in [6.45, 7) is 0. The van der Waals surface area contributed by atoms with Crippen LogP contribution in [0.4, 0.5) is 5.95 Å². The van der Waals surface area contributed by atoms with E-state index in [0.717, 1.165) is 10.4 Å². The second-order valence-corrected chi connectivity index (χ2v) is 5.15. The number of rotatable bonds is 4. The maximum absolute atomic E-state index is 10.7. The highest BCUT2D eigenvalue weighted by molar-refractivity contribution is 7.13. The lowest BCUT2D eigenvalue weighted by molar-refractivity contribution is -0.138. The van der Waals surface area contributed by atoms with Gasteiger partial charge >= 0.3 is 5.97 Å². The maximum atomic E-state index is 10.7. The predicted octanol–water partition coefficient (Wildman–Crippen LogP) is 2.09. The van der Waals surface area contributed by atoms with Crippen molar-refractivity contribution in [1.82, 2.24) is 9.97 Å². The van der Waals surface area contributed by atoms with E-state index >= 15 is 0 Å². The van der Waals surface area contributed by atoms with Gasteiger partial charge < -0.3 is 10.4 Å². The summed E-state index contributed by atoms with van der Waals surface area (Å²) in [6, 6.07) is 3.96. The Kier molecular flexibility index (Phi) is 2.71. The quantitative estimate of drug-likeness (QED) is 0.881. The van der Waals surface area contributed by atoms with Gasteiger partial charge in [-0.2, -0.15) is 0 Å². The number of carboxylic acids is 1. The first kappa shape index (κ1) is 11.2. The molecule has 2 aromatic rings. The van der Waals surface area contributed by atoms with E-state index in [9.17, 15) is 4.79 Å². The van der Waals surface area contributed by atoms with Gasteiger partial charge in [0.1, 0.15) is 0 Å². The van der Waals surface area contributed by atoms with Crippen LogP contribution in [-0.4, -0.2) is 27.1 Å². The summed E-state index contributed by atoms with van der Waals surface area (Å²) >= 11 is 1.63. The molecule has 2 heterocycles. The van der Waals surface area contributed by atoms with Crippen LogP contribution in [0.2, 0.25) is 0 Å². The number of hydrogen-bond acceptors (Lipinski definition) is 5. The molecule has 0 amide bonds. The summed E-state index contributed by atoms with van der Waals surface area (Å²) in [5.41, 5.74) is 0.973. The monoisotopic (exact) mass is 261 g/mol. The van der Waals surface area contributed by atoms with Crippen LogP contribution in [0.25, 0.3) is 10.4 Å². The summed E-state index contributed by atoms with van der Waals surface area (Å²) in [5.74, 6) is -0.572. The van der Waals surface area contributed by atoms with Gasteiger partial charge in [-0.25, -0.2) is 9.97 Å². The summed E-state index contributed by atoms with van der Waals surface area (Å²) in [4.78, 5) is 20.2. The number of aliphatic carboxylic acids is 1. The molecule has 0 bridgehead atoms. The fraction of sp³-hybridized carbons (Fsp3) is 0.250. The Morgan fingerprint density at radius 1 is 1.44 bits per heavy atom. The summed E-state index contributed by atoms with van der Waals surface area (Å²) in [6.07, 6.45) is 4.14. The SMILES string of the molecule is O=C(O)C1CC1Nc1ncc(-c2cccs2)cn1. The van der Waals surface area contributed by atoms with Crippen LogP contribution in [0.3, 0.4) is 0 Å². The fourth-order valence-electron chi connectivity index (χ4n) is 1.77. The topological polar surface area (TPSA) is 75.1 Å². The summed E-state index contributed by atoms with van der Waals surface area (Å²) < 4.78 is 0. The molecular weight excluding hydrogens is 250 g/mol. The largest absolute Gasteiger partial charge is 0.481 e. The molecule has 2 N–H and O–H groups in total. The van der Waals surface area contributed by atoms with E-state index in [-0.39, 0.29) is 12.0 Å². The number of carboxylic acid groups (broad SMARTS) is 1. The third-order valence-electron chi connectivity index (χ3n) is 2.88. The van der Waals surface area contributed by atoms with Gasteiger partial charge in [-0.3, -0.25) is 4.79 Å². The molecule has 0 radical (unpaired) electrons. The van der Waals surface area contributed by atoms with Crippen LogP contribution < -0.4 is 5.32 Å². The number of nitrogens with one attached hydrogen (secondary N) is 1. The number of nitrogens with zero attached hydrogens (tertiary/aromatic N) is 2. The van der Waals surface area contributed by atoms with Crippen LogP contribution in [0, 0.1) is 5.92 Å². The Bertz CT molecular complexity index is 553. The summed E-state index contributed by atoms with van der Waals surface area (Å²) in [5, 5.41) is 13.8. The van der Waals surface area contributed by atoms with Gasteiger partial charge in [0.15, 0.2) is 0 Å². The van der Waals surface area contributed by atoms with Gasteiger partial charge in [-0.15, -0.1) is 11.3 Å². The molecule has 0 aromatic carbocycles. The van der Waals surface area contributed by atoms with Crippen molar-refractivity contribution < 1.29 is 9.90 Å². The Hall–Kier alpha value is -1.95. The minimum atomic E-state index is -0.761. The second-order valence-electron chi connectivity index (χ2n) is 4.20. The molecule has 0 spiro atoms. The highest BCUT2D eigenvalue weighted by Gasteiger charge is 2.43. The van der Waals surface area contributed by atoms with Gasteiger partial charge in [0.2, 0.25) is 5.95 Å². The Labute approximate surface area is 108 Å². The van der Waals surface area contributed by atoms with Crippen molar-refractivity contribution in [2.75, 3.05) is 5.32 Å². The van der Waals surface area contributed by atoms with Gasteiger partial charge in [0, 0.05) is 28.9 Å². The molecule has 3 rings (SSSR count). The fourth-order valence-corrected chi connectivity index (χ4v) is 2.47. The highest BCUT2D eigenvalue weighted by atomic mass is 32.1. The molecule has 6 heteroatoms. The first-order valence-electron chi connectivity index (χ1n) is 5.59. The van der Waals surface area contributed by atoms with Crippen LogP contribution in [0.15, 0.2) is 29.9 Å². The Morgan fingerprint density at radius 2 is 2.22 bits per heavy atom. The van der Waals surface area contributed by atoms with Gasteiger partial charge in [0.05, 0.1) is 5.92 Å². The van der Waals surface area contributed by atoms with E-state index in [4.69, 9.17) is 5.11 Å². The van der Waals surface area contributed by atoms with Crippen molar-refractivity contribution in [1.29, 1.82) is 0 Å². The number of anilines is 1. The first-order chi connectivity index (χ1) is 8.74. The van der Waals surface area contributed by atoms with Crippen molar-refractivity contribution in [3.05, 3.63) is 29.9 Å². The van der Waals surface area contributed by atoms with Crippen molar-refractivity contribution in [3.8, 4) is 10.4 Å². The van der Waals surface area contributed by atoms with E-state index < -0.39 is 5.97 Å². The van der Waals surface area contributed by atoms with E-state index in [0.29, 0.717) is 12.4 Å². The van der Waals surface area contributed by atoms with Crippen LogP contribution in [0.5, 0.6) is 0 Å². The number of aromatic nitrogens is 2. The second kappa shape index (κ2) is 4.38. The highest BCUT2D eigenvalue weighted by Crippen LogP contribution is 2.33. The Morgan fingerprint density at radius 3 is 2.78 bits per heavy atom. The van der Waals surface area contributed by atoms with E-state index in [2.05, 4.69) is 15.3 Å². The molecule has 1 aliphatic rings. The smallest absolute Gasteiger partial charge is 0.308 e. The molecule has 2 atom stereocenters. The van der Waals surface area contributed by atoms with Crippen molar-refractivity contribution in [2.24, 2.45) is 5.92 Å². The van der Waals surface area contributed by atoms with E-state index in [1.807, 2.05) is 17.5 Å². The molecule has 18 heavy (non-hydrogen) atoms. The lowest BCUT2D eigenvalue weighted by Crippen LogP contribution is -2.11. The lowest BCUT2D eigenvalue weighted by atomic mass is 10.3. The molecule has 5 nitrogen and oxygen atoms in total. The minimum Gasteiger partial charge on any atom is -0.481 e. The van der Waals surface area contributed by atoms with Crippen LogP contribution >= 0.6 is 11.3 Å². The molecule has 0 saturated heterocycles. The molecule has 92 valence electrons. The van der Waals surface area contributed by atoms with Crippen LogP contribution in [-0.2, 0) is 4.79 Å². The average molecular weight is 261 g/mol. The van der Waals surface area contributed by atoms with Crippen molar-refractivity contribution in [2.45, 2.75) is 12.5 Å². The van der Waals surface area contributed by atoms with Gasteiger partial charge in [-0.05, 0) is 17.9 Å². The van der Waals surface area contributed by atoms with Crippen molar-refractivity contribution >= 4 is 23.3 Å². The molecule has 1 aliphatic carbocycles. The van der Waals surface area contributed by atoms with Gasteiger partial charge in [-0.1, -0.05) is 6.07 Å². The minimum absolute atomic E-state index is 0.0323. The van der Waals surface area contributed by atoms with Gasteiger partial charge in [0.25, 0.3) is 0 Å². The Balaban J connectivity index is 1.67. The zero-order valence-electron chi connectivity index (χ0n) is 9.41. The molecule has 1 fully saturated rings. The normalized spacial score (nSPS) is 21.6. The average Bonchev–Trinajstić information content (AvgIpc) is 2.92. The predicted molar refractivity (Wildman–Crippen MR) is 68.5 cm³/mol. The molecule has 2 unspecified atom stereocenters. The number of carbonyl (C=O) groups is 1. The number of thiophene rings is 1. The first-order valence-corrected chi connectivity index (χ1v) is 6.47. The molecule has 0 aliphatic heterocycles. The van der Waals surface area contributed by atoms with Crippen LogP contribution in [0.1, 0.15) is 6.42 Å². The zero-order chi connectivity index (χ0) is 12.5. The standard InChI is InChI=1S/C12H11N3O2S/c16-11(17)8-4-9(8)15-12-13-5-7(6-14-12)10-2-1-3-18-10/h1-3,5-6,8-9H,4H2,(H,16,17)(H,13,14,15).